The van der Waals surface area contributed by atoms with Crippen molar-refractivity contribution in [1.82, 2.24) is 10.2 Å². The van der Waals surface area contributed by atoms with Crippen LogP contribution in [0.15, 0.2) is 87.3 Å². The lowest BCUT2D eigenvalue weighted by Gasteiger charge is -2.46. The third kappa shape index (κ3) is 5.36. The van der Waals surface area contributed by atoms with Gasteiger partial charge in [0, 0.05) is 56.0 Å². The van der Waals surface area contributed by atoms with Crippen molar-refractivity contribution in [3.8, 4) is 0 Å². The van der Waals surface area contributed by atoms with Crippen LogP contribution in [0.5, 0.6) is 0 Å². The monoisotopic (exact) mass is 525 g/mol. The Kier molecular flexibility index (Phi) is 7.72. The minimum atomic E-state index is 0.00771. The fraction of sp³-hybridized carbons (Fsp3) is 0.529. The van der Waals surface area contributed by atoms with E-state index in [0.29, 0.717) is 30.1 Å². The predicted molar refractivity (Wildman–Crippen MR) is 158 cm³/mol. The highest BCUT2D eigenvalue weighted by atomic mass is 16.3. The van der Waals surface area contributed by atoms with E-state index in [1.54, 1.807) is 6.08 Å². The van der Waals surface area contributed by atoms with Gasteiger partial charge < -0.3 is 15.3 Å². The second-order valence-corrected chi connectivity index (χ2v) is 12.2. The summed E-state index contributed by atoms with van der Waals surface area (Å²) in [7, 11) is 0. The van der Waals surface area contributed by atoms with Crippen LogP contribution >= 0.6 is 0 Å². The Morgan fingerprint density at radius 2 is 1.97 bits per heavy atom. The zero-order chi connectivity index (χ0) is 26.9. The Balaban J connectivity index is 1.35. The molecular weight excluding hydrogens is 482 g/mol. The highest BCUT2D eigenvalue weighted by molar-refractivity contribution is 6.04. The molecule has 0 aromatic rings. The van der Waals surface area contributed by atoms with E-state index < -0.39 is 0 Å². The number of hydrogen-bond acceptors (Lipinski definition) is 5. The summed E-state index contributed by atoms with van der Waals surface area (Å²) >= 11 is 0. The first-order valence-corrected chi connectivity index (χ1v) is 15.1. The number of rotatable bonds is 4. The van der Waals surface area contributed by atoms with Crippen LogP contribution in [0.25, 0.3) is 0 Å². The molecule has 1 saturated carbocycles. The van der Waals surface area contributed by atoms with Crippen LogP contribution in [0.3, 0.4) is 0 Å². The Hall–Kier alpha value is -2.76. The largest absolute Gasteiger partial charge is 0.392 e. The molecule has 0 aromatic heterocycles. The summed E-state index contributed by atoms with van der Waals surface area (Å²) in [4.78, 5) is 20.8. The standard InChI is InChI=1S/C34H43N3O2/c1-3-23-19-31-28(21-38)16-25(7-8-26-17-27(34(26)31)15-22(23)2)33-20-30(39)18-24-5-4-6-29(9-10-32(24)36-33)37-13-11-35-12-14-37/h6-7,9-10,15-16,19-20,23-24,26-27,34-35,38H,3-5,8,11-14,17-18,21H2,1-2H3/b10-9-,25-7+,28-16-,29-6+. The molecule has 2 aliphatic heterocycles. The Morgan fingerprint density at radius 1 is 1.13 bits per heavy atom. The molecule has 0 bridgehead atoms. The summed E-state index contributed by atoms with van der Waals surface area (Å²) in [5.74, 6) is 2.33. The number of hydrogen-bond donors (Lipinski definition) is 2. The van der Waals surface area contributed by atoms with Crippen LogP contribution in [-0.4, -0.2) is 54.3 Å². The molecule has 6 aliphatic rings. The topological polar surface area (TPSA) is 64.9 Å². The molecule has 5 nitrogen and oxygen atoms in total. The van der Waals surface area contributed by atoms with Gasteiger partial charge in [-0.25, -0.2) is 0 Å². The third-order valence-electron chi connectivity index (χ3n) is 9.78. The number of ketones is 1. The maximum atomic E-state index is 13.1. The molecule has 0 amide bonds. The predicted octanol–water partition coefficient (Wildman–Crippen LogP) is 5.45. The Labute approximate surface area is 233 Å². The third-order valence-corrected chi connectivity index (χ3v) is 9.78. The lowest BCUT2D eigenvalue weighted by atomic mass is 9.59. The summed E-state index contributed by atoms with van der Waals surface area (Å²) in [6.07, 6.45) is 23.5. The molecule has 5 unspecified atom stereocenters. The summed E-state index contributed by atoms with van der Waals surface area (Å²) in [6.45, 7) is 8.58. The lowest BCUT2D eigenvalue weighted by molar-refractivity contribution is -0.115. The van der Waals surface area contributed by atoms with Crippen LogP contribution in [0.2, 0.25) is 0 Å². The number of aliphatic hydroxyl groups is 1. The van der Waals surface area contributed by atoms with Crippen molar-refractivity contribution in [3.05, 3.63) is 82.3 Å². The number of aliphatic hydroxyl groups excluding tert-OH is 1. The van der Waals surface area contributed by atoms with Crippen LogP contribution < -0.4 is 5.32 Å². The summed E-state index contributed by atoms with van der Waals surface area (Å²) in [6, 6.07) is 0. The van der Waals surface area contributed by atoms with Gasteiger partial charge in [-0.05, 0) is 97.6 Å². The SMILES string of the molecule is CCC1C=C2/C(CO)=C\C(C3=CC(=O)CC4CC/C=C(N5CCNCC5)\C=C/C4=N3)=C/CC3CC(C=C1C)C23. The van der Waals surface area contributed by atoms with Gasteiger partial charge in [0.05, 0.1) is 12.3 Å². The van der Waals surface area contributed by atoms with E-state index in [2.05, 4.69) is 66.6 Å². The molecule has 0 spiro atoms. The quantitative estimate of drug-likeness (QED) is 0.479. The first kappa shape index (κ1) is 26.5. The average Bonchev–Trinajstić information content (AvgIpc) is 3.12. The van der Waals surface area contributed by atoms with E-state index in [4.69, 9.17) is 4.99 Å². The number of carbonyl (C=O) groups excluding carboxylic acids is 1. The second kappa shape index (κ2) is 11.4. The van der Waals surface area contributed by atoms with Gasteiger partial charge in [0.25, 0.3) is 0 Å². The molecule has 2 heterocycles. The zero-order valence-electron chi connectivity index (χ0n) is 23.5. The molecule has 5 atom stereocenters. The molecule has 6 rings (SSSR count). The first-order valence-electron chi connectivity index (χ1n) is 15.1. The van der Waals surface area contributed by atoms with Crippen molar-refractivity contribution >= 4 is 11.5 Å². The molecular formula is C34H43N3O2. The van der Waals surface area contributed by atoms with Crippen molar-refractivity contribution in [1.29, 1.82) is 0 Å². The molecule has 39 heavy (non-hydrogen) atoms. The van der Waals surface area contributed by atoms with Crippen LogP contribution in [-0.2, 0) is 4.79 Å². The van der Waals surface area contributed by atoms with Gasteiger partial charge in [-0.2, -0.15) is 0 Å². The minimum Gasteiger partial charge on any atom is -0.392 e. The number of fused-ring (bicyclic) bond motifs is 1. The van der Waals surface area contributed by atoms with Gasteiger partial charge in [-0.1, -0.05) is 36.8 Å². The number of aliphatic imine (C=N–C) groups is 1. The molecule has 5 heteroatoms. The van der Waals surface area contributed by atoms with Gasteiger partial charge in [-0.15, -0.1) is 0 Å². The van der Waals surface area contributed by atoms with Gasteiger partial charge in [0.2, 0.25) is 0 Å². The molecule has 2 fully saturated rings. The van der Waals surface area contributed by atoms with E-state index in [-0.39, 0.29) is 18.3 Å². The van der Waals surface area contributed by atoms with E-state index >= 15 is 0 Å². The Bertz CT molecular complexity index is 1250. The van der Waals surface area contributed by atoms with Crippen molar-refractivity contribution in [2.24, 2.45) is 34.6 Å². The fourth-order valence-electron chi connectivity index (χ4n) is 7.52. The van der Waals surface area contributed by atoms with Crippen molar-refractivity contribution in [2.45, 2.75) is 52.4 Å². The molecule has 1 saturated heterocycles. The van der Waals surface area contributed by atoms with Crippen LogP contribution in [0, 0.1) is 29.6 Å². The summed E-state index contributed by atoms with van der Waals surface area (Å²) < 4.78 is 0. The smallest absolute Gasteiger partial charge is 0.158 e. The van der Waals surface area contributed by atoms with Crippen LogP contribution in [0.4, 0.5) is 0 Å². The number of nitrogens with zero attached hydrogens (tertiary/aromatic N) is 2. The molecule has 0 aromatic carbocycles. The molecule has 206 valence electrons. The Morgan fingerprint density at radius 3 is 2.77 bits per heavy atom. The number of piperazine rings is 1. The number of nitrogens with one attached hydrogen (secondary N) is 1. The highest BCUT2D eigenvalue weighted by Gasteiger charge is 2.44. The molecule has 0 radical (unpaired) electrons. The first-order chi connectivity index (χ1) is 19.0. The highest BCUT2D eigenvalue weighted by Crippen LogP contribution is 2.53. The molecule has 2 N–H and O–H groups in total. The number of allylic oxidation sites excluding steroid dienone is 9. The van der Waals surface area contributed by atoms with Crippen LogP contribution in [0.1, 0.15) is 52.4 Å². The van der Waals surface area contributed by atoms with E-state index in [9.17, 15) is 9.90 Å². The van der Waals surface area contributed by atoms with E-state index in [1.807, 2.05) is 0 Å². The molecule has 4 aliphatic carbocycles. The average molecular weight is 526 g/mol. The van der Waals surface area contributed by atoms with Gasteiger partial charge >= 0.3 is 0 Å². The lowest BCUT2D eigenvalue weighted by Crippen LogP contribution is -2.42. The van der Waals surface area contributed by atoms with Gasteiger partial charge in [0.15, 0.2) is 5.78 Å². The second-order valence-electron chi connectivity index (χ2n) is 12.2. The van der Waals surface area contributed by atoms with E-state index in [0.717, 1.165) is 74.4 Å². The number of carbonyl (C=O) groups is 1. The van der Waals surface area contributed by atoms with E-state index in [1.165, 1.54) is 23.3 Å². The maximum absolute atomic E-state index is 13.1. The van der Waals surface area contributed by atoms with Gasteiger partial charge in [0.1, 0.15) is 0 Å². The van der Waals surface area contributed by atoms with Crippen molar-refractivity contribution < 1.29 is 9.90 Å². The zero-order valence-corrected chi connectivity index (χ0v) is 23.5. The summed E-state index contributed by atoms with van der Waals surface area (Å²) in [5, 5.41) is 14.0. The normalized spacial score (nSPS) is 37.7. The fourth-order valence-corrected chi connectivity index (χ4v) is 7.52. The van der Waals surface area contributed by atoms with Crippen molar-refractivity contribution in [2.75, 3.05) is 32.8 Å². The van der Waals surface area contributed by atoms with Gasteiger partial charge in [-0.3, -0.25) is 9.79 Å². The minimum absolute atomic E-state index is 0.00771. The van der Waals surface area contributed by atoms with Crippen molar-refractivity contribution in [3.63, 3.8) is 0 Å². The maximum Gasteiger partial charge on any atom is 0.158 e. The summed E-state index contributed by atoms with van der Waals surface area (Å²) in [5.41, 5.74) is 7.80.